The van der Waals surface area contributed by atoms with Crippen molar-refractivity contribution in [2.75, 3.05) is 12.4 Å². The number of hydrogen-bond donors (Lipinski definition) is 4. The smallest absolute Gasteiger partial charge is 0.319 e. The maximum absolute atomic E-state index is 11.5. The van der Waals surface area contributed by atoms with Crippen molar-refractivity contribution in [1.82, 2.24) is 25.5 Å². The molecule has 0 radical (unpaired) electrons. The summed E-state index contributed by atoms with van der Waals surface area (Å²) in [6, 6.07) is 3.88. The fourth-order valence-electron chi connectivity index (χ4n) is 2.45. The standard InChI is InChI=1S/C15H18N6O/c1-4-9-6-11-10(5-8(9)2)18-14(19-11)13-12(7-17-21-13)20-15(22)16-3/h5-7H,4H2,1-3H3,(H,17,21)(H,18,19)(H2,16,20,22). The quantitative estimate of drug-likeness (QED) is 0.598. The monoisotopic (exact) mass is 298 g/mol. The summed E-state index contributed by atoms with van der Waals surface area (Å²) < 4.78 is 0. The van der Waals surface area contributed by atoms with Gasteiger partial charge in [-0.1, -0.05) is 6.92 Å². The van der Waals surface area contributed by atoms with E-state index in [0.717, 1.165) is 17.5 Å². The Kier molecular flexibility index (Phi) is 3.54. The van der Waals surface area contributed by atoms with Gasteiger partial charge in [0.2, 0.25) is 0 Å². The molecule has 7 nitrogen and oxygen atoms in total. The van der Waals surface area contributed by atoms with E-state index >= 15 is 0 Å². The average Bonchev–Trinajstić information content (AvgIpc) is 3.11. The van der Waals surface area contributed by atoms with E-state index in [1.54, 1.807) is 13.2 Å². The Morgan fingerprint density at radius 1 is 1.36 bits per heavy atom. The Labute approximate surface area is 127 Å². The summed E-state index contributed by atoms with van der Waals surface area (Å²) in [6.45, 7) is 4.22. The number of anilines is 1. The fourth-order valence-corrected chi connectivity index (χ4v) is 2.45. The number of aryl methyl sites for hydroxylation is 2. The van der Waals surface area contributed by atoms with Crippen LogP contribution in [0.5, 0.6) is 0 Å². The summed E-state index contributed by atoms with van der Waals surface area (Å²) in [7, 11) is 1.56. The molecule has 3 aromatic rings. The van der Waals surface area contributed by atoms with Crippen LogP contribution in [0.1, 0.15) is 18.1 Å². The van der Waals surface area contributed by atoms with Gasteiger partial charge in [0.05, 0.1) is 22.9 Å². The topological polar surface area (TPSA) is 98.5 Å². The molecule has 0 saturated carbocycles. The van der Waals surface area contributed by atoms with Crippen LogP contribution in [-0.2, 0) is 6.42 Å². The van der Waals surface area contributed by atoms with Crippen LogP contribution in [0.3, 0.4) is 0 Å². The molecule has 0 bridgehead atoms. The number of carbonyl (C=O) groups excluding carboxylic acids is 1. The highest BCUT2D eigenvalue weighted by atomic mass is 16.2. The van der Waals surface area contributed by atoms with E-state index < -0.39 is 0 Å². The lowest BCUT2D eigenvalue weighted by Crippen LogP contribution is -2.24. The first-order valence-corrected chi connectivity index (χ1v) is 7.14. The van der Waals surface area contributed by atoms with E-state index in [4.69, 9.17) is 0 Å². The van der Waals surface area contributed by atoms with E-state index in [2.05, 4.69) is 56.8 Å². The second-order valence-electron chi connectivity index (χ2n) is 5.10. The number of nitrogens with zero attached hydrogens (tertiary/aromatic N) is 2. The zero-order chi connectivity index (χ0) is 15.7. The number of benzene rings is 1. The molecule has 0 fully saturated rings. The van der Waals surface area contributed by atoms with Gasteiger partial charge in [-0.25, -0.2) is 9.78 Å². The molecule has 0 aliphatic carbocycles. The summed E-state index contributed by atoms with van der Waals surface area (Å²) in [5.41, 5.74) is 5.60. The molecule has 2 aromatic heterocycles. The maximum atomic E-state index is 11.5. The number of rotatable bonds is 3. The molecular formula is C15H18N6O. The second kappa shape index (κ2) is 5.51. The number of fused-ring (bicyclic) bond motifs is 1. The number of urea groups is 1. The SMILES string of the molecule is CCc1cc2nc(-c3[nH]ncc3NC(=O)NC)[nH]c2cc1C. The molecule has 3 rings (SSSR count). The van der Waals surface area contributed by atoms with Gasteiger partial charge in [-0.2, -0.15) is 5.10 Å². The molecule has 7 heteroatoms. The van der Waals surface area contributed by atoms with Crippen LogP contribution in [0.15, 0.2) is 18.3 Å². The normalized spacial score (nSPS) is 10.9. The van der Waals surface area contributed by atoms with Crippen molar-refractivity contribution in [3.8, 4) is 11.5 Å². The van der Waals surface area contributed by atoms with Crippen LogP contribution in [-0.4, -0.2) is 33.2 Å². The first kappa shape index (κ1) is 14.1. The molecule has 0 saturated heterocycles. The van der Waals surface area contributed by atoms with Crippen LogP contribution in [0.4, 0.5) is 10.5 Å². The number of amides is 2. The predicted molar refractivity (Wildman–Crippen MR) is 85.9 cm³/mol. The van der Waals surface area contributed by atoms with Gasteiger partial charge >= 0.3 is 6.03 Å². The Hall–Kier alpha value is -2.83. The zero-order valence-corrected chi connectivity index (χ0v) is 12.7. The van der Waals surface area contributed by atoms with Crippen molar-refractivity contribution in [3.05, 3.63) is 29.5 Å². The van der Waals surface area contributed by atoms with Crippen LogP contribution in [0.25, 0.3) is 22.6 Å². The predicted octanol–water partition coefficient (Wildman–Crippen LogP) is 2.58. The van der Waals surface area contributed by atoms with Gasteiger partial charge in [0.25, 0.3) is 0 Å². The highest BCUT2D eigenvalue weighted by Crippen LogP contribution is 2.26. The third-order valence-corrected chi connectivity index (χ3v) is 3.67. The van der Waals surface area contributed by atoms with Crippen molar-refractivity contribution in [1.29, 1.82) is 0 Å². The Morgan fingerprint density at radius 3 is 2.91 bits per heavy atom. The van der Waals surface area contributed by atoms with Gasteiger partial charge in [-0.3, -0.25) is 5.10 Å². The minimum atomic E-state index is -0.303. The molecular weight excluding hydrogens is 280 g/mol. The summed E-state index contributed by atoms with van der Waals surface area (Å²) in [5.74, 6) is 0.645. The number of imidazole rings is 1. The molecule has 0 unspecified atom stereocenters. The van der Waals surface area contributed by atoms with E-state index in [0.29, 0.717) is 17.2 Å². The van der Waals surface area contributed by atoms with Crippen LogP contribution >= 0.6 is 0 Å². The molecule has 114 valence electrons. The van der Waals surface area contributed by atoms with Crippen molar-refractivity contribution in [2.24, 2.45) is 0 Å². The van der Waals surface area contributed by atoms with Gasteiger partial charge in [0.1, 0.15) is 5.69 Å². The van der Waals surface area contributed by atoms with E-state index in [9.17, 15) is 4.79 Å². The average molecular weight is 298 g/mol. The van der Waals surface area contributed by atoms with Gasteiger partial charge in [0.15, 0.2) is 5.82 Å². The van der Waals surface area contributed by atoms with Crippen molar-refractivity contribution >= 4 is 22.8 Å². The van der Waals surface area contributed by atoms with Crippen molar-refractivity contribution in [3.63, 3.8) is 0 Å². The minimum Gasteiger partial charge on any atom is -0.341 e. The summed E-state index contributed by atoms with van der Waals surface area (Å²) in [6.07, 6.45) is 2.53. The van der Waals surface area contributed by atoms with Gasteiger partial charge in [-0.05, 0) is 36.6 Å². The molecule has 22 heavy (non-hydrogen) atoms. The lowest BCUT2D eigenvalue weighted by molar-refractivity contribution is 0.254. The largest absolute Gasteiger partial charge is 0.341 e. The number of carbonyl (C=O) groups is 1. The second-order valence-corrected chi connectivity index (χ2v) is 5.10. The summed E-state index contributed by atoms with van der Waals surface area (Å²) in [4.78, 5) is 19.3. The lowest BCUT2D eigenvalue weighted by Gasteiger charge is -2.02. The first-order chi connectivity index (χ1) is 10.6. The number of H-pyrrole nitrogens is 2. The number of hydrogen-bond acceptors (Lipinski definition) is 3. The molecule has 2 amide bonds. The van der Waals surface area contributed by atoms with Crippen LogP contribution in [0.2, 0.25) is 0 Å². The third kappa shape index (κ3) is 2.41. The first-order valence-electron chi connectivity index (χ1n) is 7.14. The molecule has 0 atom stereocenters. The molecule has 0 aliphatic heterocycles. The van der Waals surface area contributed by atoms with Crippen LogP contribution < -0.4 is 10.6 Å². The maximum Gasteiger partial charge on any atom is 0.319 e. The third-order valence-electron chi connectivity index (χ3n) is 3.67. The van der Waals surface area contributed by atoms with Crippen molar-refractivity contribution in [2.45, 2.75) is 20.3 Å². The number of aromatic amines is 2. The Balaban J connectivity index is 2.04. The van der Waals surface area contributed by atoms with Gasteiger partial charge in [-0.15, -0.1) is 0 Å². The molecule has 0 spiro atoms. The van der Waals surface area contributed by atoms with Crippen LogP contribution in [0, 0.1) is 6.92 Å². The molecule has 1 aromatic carbocycles. The van der Waals surface area contributed by atoms with Gasteiger partial charge in [0, 0.05) is 7.05 Å². The van der Waals surface area contributed by atoms with Gasteiger partial charge < -0.3 is 15.6 Å². The molecule has 2 heterocycles. The molecule has 4 N–H and O–H groups in total. The lowest BCUT2D eigenvalue weighted by atomic mass is 10.1. The zero-order valence-electron chi connectivity index (χ0n) is 12.7. The summed E-state index contributed by atoms with van der Waals surface area (Å²) >= 11 is 0. The van der Waals surface area contributed by atoms with E-state index in [-0.39, 0.29) is 6.03 Å². The summed E-state index contributed by atoms with van der Waals surface area (Å²) in [5, 5.41) is 12.1. The Morgan fingerprint density at radius 2 is 2.18 bits per heavy atom. The van der Waals surface area contributed by atoms with E-state index in [1.807, 2.05) is 0 Å². The Bertz CT molecular complexity index is 832. The number of nitrogens with one attached hydrogen (secondary N) is 4. The van der Waals surface area contributed by atoms with E-state index in [1.165, 1.54) is 11.1 Å². The number of aromatic nitrogens is 4. The highest BCUT2D eigenvalue weighted by Gasteiger charge is 2.14. The molecule has 0 aliphatic rings. The minimum absolute atomic E-state index is 0.303. The van der Waals surface area contributed by atoms with Crippen molar-refractivity contribution < 1.29 is 4.79 Å². The fraction of sp³-hybridized carbons (Fsp3) is 0.267. The highest BCUT2D eigenvalue weighted by molar-refractivity contribution is 5.93.